The van der Waals surface area contributed by atoms with Gasteiger partial charge in [-0.3, -0.25) is 9.78 Å². The Hall–Kier alpha value is -2.43. The lowest BCUT2D eigenvalue weighted by Crippen LogP contribution is -2.26. The first kappa shape index (κ1) is 13.0. The number of nitrogen functional groups attached to an aromatic ring is 1. The maximum absolute atomic E-state index is 12.4. The van der Waals surface area contributed by atoms with E-state index in [1.807, 2.05) is 6.92 Å². The zero-order valence-electron chi connectivity index (χ0n) is 11.0. The van der Waals surface area contributed by atoms with Crippen LogP contribution < -0.4 is 10.6 Å². The third kappa shape index (κ3) is 2.88. The van der Waals surface area contributed by atoms with Crippen LogP contribution in [-0.2, 0) is 6.42 Å². The Balaban J connectivity index is 2.31. The molecule has 2 rings (SSSR count). The molecular formula is C14H16N4O. The first-order valence-corrected chi connectivity index (χ1v) is 6.06. The van der Waals surface area contributed by atoms with Gasteiger partial charge in [0.05, 0.1) is 0 Å². The van der Waals surface area contributed by atoms with E-state index in [2.05, 4.69) is 9.97 Å². The van der Waals surface area contributed by atoms with E-state index in [9.17, 15) is 4.79 Å². The Bertz CT molecular complexity index is 583. The van der Waals surface area contributed by atoms with Crippen molar-refractivity contribution in [3.8, 4) is 0 Å². The molecule has 2 N–H and O–H groups in total. The van der Waals surface area contributed by atoms with Gasteiger partial charge in [-0.25, -0.2) is 4.98 Å². The molecule has 0 aromatic carbocycles. The van der Waals surface area contributed by atoms with Crippen molar-refractivity contribution in [1.29, 1.82) is 0 Å². The molecule has 2 aromatic heterocycles. The predicted octanol–water partition coefficient (Wildman–Crippen LogP) is 1.90. The SMILES string of the molecule is CCc1cc(C(=O)N(C)c2ccncc2)cc(N)n1. The Morgan fingerprint density at radius 3 is 2.63 bits per heavy atom. The Morgan fingerprint density at radius 1 is 1.32 bits per heavy atom. The minimum absolute atomic E-state index is 0.116. The van der Waals surface area contributed by atoms with Crippen LogP contribution in [0.5, 0.6) is 0 Å². The van der Waals surface area contributed by atoms with E-state index in [0.29, 0.717) is 11.4 Å². The highest BCUT2D eigenvalue weighted by atomic mass is 16.2. The van der Waals surface area contributed by atoms with E-state index < -0.39 is 0 Å². The number of carbonyl (C=O) groups is 1. The van der Waals surface area contributed by atoms with Gasteiger partial charge in [0.25, 0.3) is 5.91 Å². The molecule has 2 heterocycles. The summed E-state index contributed by atoms with van der Waals surface area (Å²) < 4.78 is 0. The van der Waals surface area contributed by atoms with Crippen molar-refractivity contribution < 1.29 is 4.79 Å². The molecule has 5 nitrogen and oxygen atoms in total. The monoisotopic (exact) mass is 256 g/mol. The molecule has 0 aliphatic heterocycles. The Morgan fingerprint density at radius 2 is 2.00 bits per heavy atom. The molecule has 19 heavy (non-hydrogen) atoms. The second-order valence-corrected chi connectivity index (χ2v) is 4.20. The molecule has 0 aliphatic rings. The fourth-order valence-electron chi connectivity index (χ4n) is 1.79. The van der Waals surface area contributed by atoms with Crippen LogP contribution in [0.3, 0.4) is 0 Å². The van der Waals surface area contributed by atoms with Crippen molar-refractivity contribution >= 4 is 17.4 Å². The minimum Gasteiger partial charge on any atom is -0.384 e. The highest BCUT2D eigenvalue weighted by molar-refractivity contribution is 6.06. The third-order valence-electron chi connectivity index (χ3n) is 2.86. The van der Waals surface area contributed by atoms with Crippen LogP contribution >= 0.6 is 0 Å². The average molecular weight is 256 g/mol. The molecule has 5 heteroatoms. The molecule has 0 atom stereocenters. The van der Waals surface area contributed by atoms with Crippen LogP contribution in [0.4, 0.5) is 11.5 Å². The summed E-state index contributed by atoms with van der Waals surface area (Å²) in [6.45, 7) is 1.97. The van der Waals surface area contributed by atoms with Crippen molar-refractivity contribution in [2.45, 2.75) is 13.3 Å². The number of nitrogens with zero attached hydrogens (tertiary/aromatic N) is 3. The quantitative estimate of drug-likeness (QED) is 0.910. The number of aromatic nitrogens is 2. The van der Waals surface area contributed by atoms with Crippen molar-refractivity contribution in [1.82, 2.24) is 9.97 Å². The lowest BCUT2D eigenvalue weighted by atomic mass is 10.1. The molecular weight excluding hydrogens is 240 g/mol. The Kier molecular flexibility index (Phi) is 3.75. The second-order valence-electron chi connectivity index (χ2n) is 4.20. The number of hydrogen-bond acceptors (Lipinski definition) is 4. The van der Waals surface area contributed by atoms with Gasteiger partial charge in [-0.05, 0) is 30.7 Å². The molecule has 0 radical (unpaired) electrons. The molecule has 0 aliphatic carbocycles. The van der Waals surface area contributed by atoms with E-state index in [4.69, 9.17) is 5.73 Å². The average Bonchev–Trinajstić information content (AvgIpc) is 2.46. The van der Waals surface area contributed by atoms with Gasteiger partial charge in [0.2, 0.25) is 0 Å². The lowest BCUT2D eigenvalue weighted by Gasteiger charge is -2.17. The van der Waals surface area contributed by atoms with E-state index in [1.165, 1.54) is 0 Å². The molecule has 0 saturated carbocycles. The fourth-order valence-corrected chi connectivity index (χ4v) is 1.79. The summed E-state index contributed by atoms with van der Waals surface area (Å²) in [5.74, 6) is 0.251. The fraction of sp³-hybridized carbons (Fsp3) is 0.214. The van der Waals surface area contributed by atoms with Crippen LogP contribution in [0, 0.1) is 0 Å². The summed E-state index contributed by atoms with van der Waals surface area (Å²) in [6, 6.07) is 6.93. The number of hydrogen-bond donors (Lipinski definition) is 1. The first-order chi connectivity index (χ1) is 9.11. The van der Waals surface area contributed by atoms with Crippen LogP contribution in [0.15, 0.2) is 36.7 Å². The van der Waals surface area contributed by atoms with E-state index in [1.54, 1.807) is 48.6 Å². The Labute approximate surface area is 112 Å². The number of nitrogens with two attached hydrogens (primary N) is 1. The molecule has 98 valence electrons. The maximum Gasteiger partial charge on any atom is 0.258 e. The van der Waals surface area contributed by atoms with E-state index >= 15 is 0 Å². The summed E-state index contributed by atoms with van der Waals surface area (Å²) in [4.78, 5) is 22.1. The number of anilines is 2. The van der Waals surface area contributed by atoms with Crippen LogP contribution in [0.2, 0.25) is 0 Å². The van der Waals surface area contributed by atoms with Crippen molar-refractivity contribution in [3.05, 3.63) is 47.9 Å². The van der Waals surface area contributed by atoms with Gasteiger partial charge in [0.1, 0.15) is 5.82 Å². The number of aryl methyl sites for hydroxylation is 1. The minimum atomic E-state index is -0.116. The van der Waals surface area contributed by atoms with Gasteiger partial charge in [0, 0.05) is 36.4 Å². The van der Waals surface area contributed by atoms with Crippen molar-refractivity contribution in [2.75, 3.05) is 17.7 Å². The van der Waals surface area contributed by atoms with Gasteiger partial charge >= 0.3 is 0 Å². The number of pyridine rings is 2. The molecule has 0 bridgehead atoms. The largest absolute Gasteiger partial charge is 0.384 e. The first-order valence-electron chi connectivity index (χ1n) is 6.06. The topological polar surface area (TPSA) is 72.1 Å². The number of carbonyl (C=O) groups excluding carboxylic acids is 1. The molecule has 2 aromatic rings. The third-order valence-corrected chi connectivity index (χ3v) is 2.86. The number of rotatable bonds is 3. The van der Waals surface area contributed by atoms with Gasteiger partial charge in [-0.1, -0.05) is 6.92 Å². The molecule has 0 unspecified atom stereocenters. The smallest absolute Gasteiger partial charge is 0.258 e. The summed E-state index contributed by atoms with van der Waals surface area (Å²) in [5.41, 5.74) is 7.86. The van der Waals surface area contributed by atoms with Crippen molar-refractivity contribution in [3.63, 3.8) is 0 Å². The molecule has 0 saturated heterocycles. The van der Waals surface area contributed by atoms with Gasteiger partial charge in [0.15, 0.2) is 0 Å². The zero-order valence-corrected chi connectivity index (χ0v) is 11.0. The van der Waals surface area contributed by atoms with Gasteiger partial charge in [-0.15, -0.1) is 0 Å². The van der Waals surface area contributed by atoms with E-state index in [0.717, 1.165) is 17.8 Å². The van der Waals surface area contributed by atoms with Crippen LogP contribution in [0.25, 0.3) is 0 Å². The van der Waals surface area contributed by atoms with Gasteiger partial charge < -0.3 is 10.6 Å². The summed E-state index contributed by atoms with van der Waals surface area (Å²) >= 11 is 0. The maximum atomic E-state index is 12.4. The highest BCUT2D eigenvalue weighted by Gasteiger charge is 2.14. The zero-order chi connectivity index (χ0) is 13.8. The van der Waals surface area contributed by atoms with Crippen LogP contribution in [-0.4, -0.2) is 22.9 Å². The number of amides is 1. The highest BCUT2D eigenvalue weighted by Crippen LogP contribution is 2.16. The summed E-state index contributed by atoms with van der Waals surface area (Å²) in [5, 5.41) is 0. The molecule has 0 fully saturated rings. The summed E-state index contributed by atoms with van der Waals surface area (Å²) in [7, 11) is 1.72. The standard InChI is InChI=1S/C14H16N4O/c1-3-11-8-10(9-13(15)17-11)14(19)18(2)12-4-6-16-7-5-12/h4-9H,3H2,1-2H3,(H2,15,17). The second kappa shape index (κ2) is 5.48. The normalized spacial score (nSPS) is 10.2. The van der Waals surface area contributed by atoms with Crippen molar-refractivity contribution in [2.24, 2.45) is 0 Å². The summed E-state index contributed by atoms with van der Waals surface area (Å²) in [6.07, 6.45) is 4.04. The van der Waals surface area contributed by atoms with E-state index in [-0.39, 0.29) is 5.91 Å². The molecule has 0 spiro atoms. The van der Waals surface area contributed by atoms with Crippen LogP contribution in [0.1, 0.15) is 23.0 Å². The molecule has 1 amide bonds. The predicted molar refractivity (Wildman–Crippen MR) is 75.0 cm³/mol. The lowest BCUT2D eigenvalue weighted by molar-refractivity contribution is 0.0993. The van der Waals surface area contributed by atoms with Gasteiger partial charge in [-0.2, -0.15) is 0 Å².